The maximum absolute atomic E-state index is 6.04. The predicted molar refractivity (Wildman–Crippen MR) is 84.0 cm³/mol. The van der Waals surface area contributed by atoms with Gasteiger partial charge in [0.05, 0.1) is 5.69 Å². The van der Waals surface area contributed by atoms with Crippen molar-refractivity contribution in [1.29, 1.82) is 0 Å². The summed E-state index contributed by atoms with van der Waals surface area (Å²) in [4.78, 5) is 0. The van der Waals surface area contributed by atoms with Crippen molar-refractivity contribution in [1.82, 2.24) is 15.1 Å². The highest BCUT2D eigenvalue weighted by Gasteiger charge is 2.12. The summed E-state index contributed by atoms with van der Waals surface area (Å²) in [5.41, 5.74) is 3.63. The van der Waals surface area contributed by atoms with Crippen molar-refractivity contribution < 1.29 is 0 Å². The molecular formula is C16H22ClN3. The zero-order valence-electron chi connectivity index (χ0n) is 12.5. The lowest BCUT2D eigenvalue weighted by molar-refractivity contribution is 0.570. The summed E-state index contributed by atoms with van der Waals surface area (Å²) >= 11 is 6.04. The summed E-state index contributed by atoms with van der Waals surface area (Å²) in [5.74, 6) is 0.439. The van der Waals surface area contributed by atoms with Gasteiger partial charge in [-0.3, -0.25) is 4.68 Å². The van der Waals surface area contributed by atoms with E-state index in [1.807, 2.05) is 29.9 Å². The number of nitrogens with one attached hydrogen (secondary N) is 1. The fraction of sp³-hybridized carbons (Fsp3) is 0.438. The zero-order valence-corrected chi connectivity index (χ0v) is 13.3. The highest BCUT2D eigenvalue weighted by molar-refractivity contribution is 6.30. The van der Waals surface area contributed by atoms with Crippen LogP contribution in [0.3, 0.4) is 0 Å². The molecule has 1 atom stereocenters. The average Bonchev–Trinajstić information content (AvgIpc) is 2.77. The van der Waals surface area contributed by atoms with Gasteiger partial charge in [0, 0.05) is 36.4 Å². The Labute approximate surface area is 126 Å². The predicted octanol–water partition coefficient (Wildman–Crippen LogP) is 4.05. The number of hydrogen-bond acceptors (Lipinski definition) is 2. The highest BCUT2D eigenvalue weighted by atomic mass is 35.5. The van der Waals surface area contributed by atoms with Crippen LogP contribution in [-0.4, -0.2) is 9.78 Å². The first-order valence-corrected chi connectivity index (χ1v) is 7.36. The second-order valence-electron chi connectivity index (χ2n) is 5.53. The molecule has 0 saturated heterocycles. The first kappa shape index (κ1) is 15.1. The van der Waals surface area contributed by atoms with Gasteiger partial charge in [-0.15, -0.1) is 0 Å². The molecule has 108 valence electrons. The normalized spacial score (nSPS) is 12.9. The lowest BCUT2D eigenvalue weighted by Gasteiger charge is -2.15. The Hall–Kier alpha value is -1.32. The molecule has 0 aliphatic heterocycles. The summed E-state index contributed by atoms with van der Waals surface area (Å²) in [6, 6.07) is 8.24. The standard InChI is InChI=1S/C16H22ClN3/c1-11(2)16-14(10-20(4)19-16)9-18-12(3)13-6-5-7-15(17)8-13/h5-8,10-12,18H,9H2,1-4H3/t12-/m0/s1. The van der Waals surface area contributed by atoms with Crippen LogP contribution >= 0.6 is 11.6 Å². The van der Waals surface area contributed by atoms with E-state index in [-0.39, 0.29) is 6.04 Å². The lowest BCUT2D eigenvalue weighted by Crippen LogP contribution is -2.18. The van der Waals surface area contributed by atoms with Gasteiger partial charge in [-0.2, -0.15) is 5.10 Å². The highest BCUT2D eigenvalue weighted by Crippen LogP contribution is 2.20. The summed E-state index contributed by atoms with van der Waals surface area (Å²) in [6.45, 7) is 7.31. The molecule has 0 unspecified atom stereocenters. The minimum absolute atomic E-state index is 0.258. The van der Waals surface area contributed by atoms with Crippen LogP contribution in [0.2, 0.25) is 5.02 Å². The van der Waals surface area contributed by atoms with Gasteiger partial charge in [0.1, 0.15) is 0 Å². The van der Waals surface area contributed by atoms with E-state index < -0.39 is 0 Å². The van der Waals surface area contributed by atoms with Gasteiger partial charge in [0.15, 0.2) is 0 Å². The van der Waals surface area contributed by atoms with Crippen molar-refractivity contribution in [2.24, 2.45) is 7.05 Å². The minimum Gasteiger partial charge on any atom is -0.306 e. The van der Waals surface area contributed by atoms with Crippen molar-refractivity contribution in [2.75, 3.05) is 0 Å². The van der Waals surface area contributed by atoms with Crippen LogP contribution in [0, 0.1) is 0 Å². The third-order valence-electron chi connectivity index (χ3n) is 3.43. The number of aryl methyl sites for hydroxylation is 1. The Morgan fingerprint density at radius 3 is 2.70 bits per heavy atom. The number of rotatable bonds is 5. The Kier molecular flexibility index (Phi) is 4.84. The van der Waals surface area contributed by atoms with E-state index in [0.29, 0.717) is 5.92 Å². The molecule has 0 saturated carbocycles. The molecule has 1 N–H and O–H groups in total. The topological polar surface area (TPSA) is 29.9 Å². The molecule has 1 aromatic carbocycles. The number of aromatic nitrogens is 2. The zero-order chi connectivity index (χ0) is 14.7. The van der Waals surface area contributed by atoms with E-state index in [4.69, 9.17) is 11.6 Å². The van der Waals surface area contributed by atoms with Gasteiger partial charge in [-0.25, -0.2) is 0 Å². The van der Waals surface area contributed by atoms with Crippen molar-refractivity contribution in [3.8, 4) is 0 Å². The number of hydrogen-bond donors (Lipinski definition) is 1. The van der Waals surface area contributed by atoms with Gasteiger partial charge in [-0.05, 0) is 30.5 Å². The maximum atomic E-state index is 6.04. The average molecular weight is 292 g/mol. The van der Waals surface area contributed by atoms with Crippen molar-refractivity contribution in [3.05, 3.63) is 52.3 Å². The summed E-state index contributed by atoms with van der Waals surface area (Å²) in [5, 5.41) is 8.85. The second kappa shape index (κ2) is 6.42. The van der Waals surface area contributed by atoms with Crippen LogP contribution in [0.15, 0.2) is 30.5 Å². The number of nitrogens with zero attached hydrogens (tertiary/aromatic N) is 2. The fourth-order valence-electron chi connectivity index (χ4n) is 2.33. The third kappa shape index (κ3) is 3.62. The Bertz CT molecular complexity index is 575. The molecule has 3 nitrogen and oxygen atoms in total. The molecule has 0 spiro atoms. The summed E-state index contributed by atoms with van der Waals surface area (Å²) in [7, 11) is 1.97. The molecule has 20 heavy (non-hydrogen) atoms. The van der Waals surface area contributed by atoms with E-state index in [9.17, 15) is 0 Å². The fourth-order valence-corrected chi connectivity index (χ4v) is 2.53. The largest absolute Gasteiger partial charge is 0.306 e. The Morgan fingerprint density at radius 1 is 1.30 bits per heavy atom. The van der Waals surface area contributed by atoms with Crippen LogP contribution in [0.25, 0.3) is 0 Å². The number of benzene rings is 1. The van der Waals surface area contributed by atoms with E-state index in [2.05, 4.69) is 43.4 Å². The first-order chi connectivity index (χ1) is 9.47. The molecular weight excluding hydrogens is 270 g/mol. The molecule has 0 fully saturated rings. The minimum atomic E-state index is 0.258. The van der Waals surface area contributed by atoms with Gasteiger partial charge in [-0.1, -0.05) is 37.6 Å². The second-order valence-corrected chi connectivity index (χ2v) is 5.96. The van der Waals surface area contributed by atoms with Crippen LogP contribution in [0.1, 0.15) is 49.6 Å². The molecule has 0 aliphatic carbocycles. The molecule has 2 aromatic rings. The molecule has 2 rings (SSSR count). The lowest BCUT2D eigenvalue weighted by atomic mass is 10.1. The smallest absolute Gasteiger partial charge is 0.0694 e. The Morgan fingerprint density at radius 2 is 2.05 bits per heavy atom. The van der Waals surface area contributed by atoms with Gasteiger partial charge >= 0.3 is 0 Å². The van der Waals surface area contributed by atoms with E-state index in [1.54, 1.807) is 0 Å². The molecule has 1 heterocycles. The molecule has 0 bridgehead atoms. The first-order valence-electron chi connectivity index (χ1n) is 6.98. The van der Waals surface area contributed by atoms with Crippen molar-refractivity contribution >= 4 is 11.6 Å². The van der Waals surface area contributed by atoms with Crippen molar-refractivity contribution in [2.45, 2.75) is 39.3 Å². The third-order valence-corrected chi connectivity index (χ3v) is 3.67. The van der Waals surface area contributed by atoms with E-state index in [1.165, 1.54) is 16.8 Å². The van der Waals surface area contributed by atoms with Gasteiger partial charge < -0.3 is 5.32 Å². The maximum Gasteiger partial charge on any atom is 0.0694 e. The molecule has 4 heteroatoms. The van der Waals surface area contributed by atoms with Crippen LogP contribution in [-0.2, 0) is 13.6 Å². The molecule has 1 aromatic heterocycles. The van der Waals surface area contributed by atoms with E-state index in [0.717, 1.165) is 11.6 Å². The SMILES string of the molecule is CC(C)c1nn(C)cc1CN[C@@H](C)c1cccc(Cl)c1. The summed E-state index contributed by atoms with van der Waals surface area (Å²) in [6.07, 6.45) is 2.09. The monoisotopic (exact) mass is 291 g/mol. The Balaban J connectivity index is 2.05. The van der Waals surface area contributed by atoms with Crippen molar-refractivity contribution in [3.63, 3.8) is 0 Å². The molecule has 0 radical (unpaired) electrons. The molecule has 0 aliphatic rings. The van der Waals surface area contributed by atoms with Gasteiger partial charge in [0.2, 0.25) is 0 Å². The molecule has 0 amide bonds. The number of halogens is 1. The van der Waals surface area contributed by atoms with E-state index >= 15 is 0 Å². The quantitative estimate of drug-likeness (QED) is 0.901. The van der Waals surface area contributed by atoms with Crippen LogP contribution < -0.4 is 5.32 Å². The van der Waals surface area contributed by atoms with Crippen LogP contribution in [0.5, 0.6) is 0 Å². The summed E-state index contributed by atoms with van der Waals surface area (Å²) < 4.78 is 1.89. The van der Waals surface area contributed by atoms with Gasteiger partial charge in [0.25, 0.3) is 0 Å². The van der Waals surface area contributed by atoms with Crippen LogP contribution in [0.4, 0.5) is 0 Å².